The SMILES string of the molecule is Cc1ccccc1NC(=O)C(=O)N/N=C\c1cccc(OCC(=O)Nc2cccc(Cl)c2C)c1. The molecule has 34 heavy (non-hydrogen) atoms. The average molecular weight is 479 g/mol. The maximum absolute atomic E-state index is 12.2. The van der Waals surface area contributed by atoms with Gasteiger partial charge in [0.2, 0.25) is 0 Å². The van der Waals surface area contributed by atoms with Crippen molar-refractivity contribution in [2.24, 2.45) is 5.10 Å². The Morgan fingerprint density at radius 3 is 2.44 bits per heavy atom. The molecule has 0 aliphatic carbocycles. The molecular formula is C25H23ClN4O4. The minimum atomic E-state index is -0.903. The topological polar surface area (TPSA) is 109 Å². The predicted octanol–water partition coefficient (Wildman–Crippen LogP) is 4.06. The van der Waals surface area contributed by atoms with Crippen LogP contribution >= 0.6 is 11.6 Å². The lowest BCUT2D eigenvalue weighted by atomic mass is 10.2. The largest absolute Gasteiger partial charge is 0.484 e. The molecule has 3 aromatic carbocycles. The van der Waals surface area contributed by atoms with Gasteiger partial charge >= 0.3 is 11.8 Å². The van der Waals surface area contributed by atoms with E-state index in [2.05, 4.69) is 21.2 Å². The molecule has 3 rings (SSSR count). The van der Waals surface area contributed by atoms with Gasteiger partial charge in [-0.2, -0.15) is 5.10 Å². The number of benzene rings is 3. The quantitative estimate of drug-likeness (QED) is 0.270. The molecule has 9 heteroatoms. The maximum atomic E-state index is 12.2. The fourth-order valence-corrected chi connectivity index (χ4v) is 3.05. The van der Waals surface area contributed by atoms with Crippen molar-refractivity contribution in [2.45, 2.75) is 13.8 Å². The lowest BCUT2D eigenvalue weighted by Gasteiger charge is -2.10. The molecule has 0 saturated carbocycles. The Morgan fingerprint density at radius 1 is 0.912 bits per heavy atom. The summed E-state index contributed by atoms with van der Waals surface area (Å²) in [5.74, 6) is -1.63. The number of nitrogens with zero attached hydrogens (tertiary/aromatic N) is 1. The smallest absolute Gasteiger partial charge is 0.329 e. The number of hydrogen-bond acceptors (Lipinski definition) is 5. The number of hydrogen-bond donors (Lipinski definition) is 3. The van der Waals surface area contributed by atoms with Crippen LogP contribution in [0.1, 0.15) is 16.7 Å². The van der Waals surface area contributed by atoms with Crippen molar-refractivity contribution in [1.29, 1.82) is 0 Å². The van der Waals surface area contributed by atoms with E-state index < -0.39 is 11.8 Å². The summed E-state index contributed by atoms with van der Waals surface area (Å²) in [5, 5.41) is 9.65. The number of hydrazone groups is 1. The standard InChI is InChI=1S/C25H23ClN4O4/c1-16-7-3-4-11-21(16)29-24(32)25(33)30-27-14-18-8-5-9-19(13-18)34-15-23(31)28-22-12-6-10-20(26)17(22)2/h3-14H,15H2,1-2H3,(H,28,31)(H,29,32)(H,30,33)/b27-14-. The van der Waals surface area contributed by atoms with Crippen LogP contribution in [0.3, 0.4) is 0 Å². The fraction of sp³-hybridized carbons (Fsp3) is 0.120. The van der Waals surface area contributed by atoms with Crippen molar-refractivity contribution in [2.75, 3.05) is 17.2 Å². The van der Waals surface area contributed by atoms with Gasteiger partial charge in [-0.3, -0.25) is 14.4 Å². The Balaban J connectivity index is 1.50. The summed E-state index contributed by atoms with van der Waals surface area (Å²) >= 11 is 6.07. The van der Waals surface area contributed by atoms with Crippen LogP contribution < -0.4 is 20.8 Å². The number of amides is 3. The number of carbonyl (C=O) groups is 3. The van der Waals surface area contributed by atoms with Gasteiger partial charge in [-0.05, 0) is 60.9 Å². The third-order valence-electron chi connectivity index (χ3n) is 4.75. The first-order chi connectivity index (χ1) is 16.3. The molecular weight excluding hydrogens is 456 g/mol. The lowest BCUT2D eigenvalue weighted by Crippen LogP contribution is -2.32. The summed E-state index contributed by atoms with van der Waals surface area (Å²) in [7, 11) is 0. The molecule has 0 unspecified atom stereocenters. The Labute approximate surface area is 202 Å². The molecule has 8 nitrogen and oxygen atoms in total. The Morgan fingerprint density at radius 2 is 1.65 bits per heavy atom. The van der Waals surface area contributed by atoms with E-state index in [9.17, 15) is 14.4 Å². The molecule has 0 radical (unpaired) electrons. The highest BCUT2D eigenvalue weighted by Gasteiger charge is 2.13. The van der Waals surface area contributed by atoms with Crippen molar-refractivity contribution >= 4 is 46.9 Å². The van der Waals surface area contributed by atoms with Gasteiger partial charge in [-0.1, -0.05) is 48.0 Å². The molecule has 174 valence electrons. The summed E-state index contributed by atoms with van der Waals surface area (Å²) in [6, 6.07) is 19.1. The molecule has 0 spiro atoms. The van der Waals surface area contributed by atoms with Crippen LogP contribution in [0.2, 0.25) is 5.02 Å². The van der Waals surface area contributed by atoms with Crippen LogP contribution in [0.5, 0.6) is 5.75 Å². The second-order valence-electron chi connectivity index (χ2n) is 7.29. The molecule has 0 atom stereocenters. The fourth-order valence-electron chi connectivity index (χ4n) is 2.87. The first kappa shape index (κ1) is 24.5. The van der Waals surface area contributed by atoms with Gasteiger partial charge in [0.1, 0.15) is 5.75 Å². The van der Waals surface area contributed by atoms with Gasteiger partial charge in [0.25, 0.3) is 5.91 Å². The number of carbonyl (C=O) groups excluding carboxylic acids is 3. The highest BCUT2D eigenvalue weighted by atomic mass is 35.5. The molecule has 0 heterocycles. The zero-order valence-electron chi connectivity index (χ0n) is 18.6. The first-order valence-electron chi connectivity index (χ1n) is 10.3. The minimum Gasteiger partial charge on any atom is -0.484 e. The number of nitrogens with one attached hydrogen (secondary N) is 3. The van der Waals surface area contributed by atoms with Gasteiger partial charge < -0.3 is 15.4 Å². The van der Waals surface area contributed by atoms with Crippen molar-refractivity contribution in [1.82, 2.24) is 5.43 Å². The van der Waals surface area contributed by atoms with E-state index in [1.54, 1.807) is 54.6 Å². The van der Waals surface area contributed by atoms with E-state index in [-0.39, 0.29) is 12.5 Å². The second kappa shape index (κ2) is 11.6. The van der Waals surface area contributed by atoms with Crippen LogP contribution in [0.15, 0.2) is 71.8 Å². The van der Waals surface area contributed by atoms with Crippen molar-refractivity contribution in [3.8, 4) is 5.75 Å². The monoisotopic (exact) mass is 478 g/mol. The Kier molecular flexibility index (Phi) is 8.37. The van der Waals surface area contributed by atoms with E-state index in [1.807, 2.05) is 26.0 Å². The Bertz CT molecular complexity index is 1240. The number of ether oxygens (including phenoxy) is 1. The summed E-state index contributed by atoms with van der Waals surface area (Å²) in [4.78, 5) is 36.2. The normalized spacial score (nSPS) is 10.6. The van der Waals surface area contributed by atoms with E-state index >= 15 is 0 Å². The van der Waals surface area contributed by atoms with E-state index in [1.165, 1.54) is 6.21 Å². The number of halogens is 1. The zero-order valence-corrected chi connectivity index (χ0v) is 19.3. The van der Waals surface area contributed by atoms with Crippen molar-refractivity contribution in [3.63, 3.8) is 0 Å². The third-order valence-corrected chi connectivity index (χ3v) is 5.16. The lowest BCUT2D eigenvalue weighted by molar-refractivity contribution is -0.136. The minimum absolute atomic E-state index is 0.206. The van der Waals surface area contributed by atoms with Gasteiger partial charge in [-0.25, -0.2) is 5.43 Å². The van der Waals surface area contributed by atoms with Crippen LogP contribution in [0.4, 0.5) is 11.4 Å². The molecule has 3 N–H and O–H groups in total. The summed E-state index contributed by atoms with van der Waals surface area (Å²) in [5.41, 5.74) is 5.55. The molecule has 0 aliphatic heterocycles. The van der Waals surface area contributed by atoms with Crippen LogP contribution in [0.25, 0.3) is 0 Å². The zero-order chi connectivity index (χ0) is 24.5. The number of anilines is 2. The van der Waals surface area contributed by atoms with Gasteiger partial charge in [0, 0.05) is 16.4 Å². The highest BCUT2D eigenvalue weighted by Crippen LogP contribution is 2.23. The van der Waals surface area contributed by atoms with Gasteiger partial charge in [0.15, 0.2) is 6.61 Å². The molecule has 3 aromatic rings. The number of para-hydroxylation sites is 1. The highest BCUT2D eigenvalue weighted by molar-refractivity contribution is 6.39. The summed E-state index contributed by atoms with van der Waals surface area (Å²) in [6.07, 6.45) is 1.36. The van der Waals surface area contributed by atoms with Crippen LogP contribution in [-0.4, -0.2) is 30.5 Å². The van der Waals surface area contributed by atoms with Crippen LogP contribution in [0, 0.1) is 13.8 Å². The maximum Gasteiger partial charge on any atom is 0.329 e. The summed E-state index contributed by atoms with van der Waals surface area (Å²) < 4.78 is 5.54. The molecule has 0 aromatic heterocycles. The molecule has 0 fully saturated rings. The van der Waals surface area contributed by atoms with E-state index in [0.29, 0.717) is 27.7 Å². The molecule has 0 saturated heterocycles. The van der Waals surface area contributed by atoms with Crippen molar-refractivity contribution in [3.05, 3.63) is 88.4 Å². The van der Waals surface area contributed by atoms with Crippen LogP contribution in [-0.2, 0) is 14.4 Å². The second-order valence-corrected chi connectivity index (χ2v) is 7.70. The molecule has 0 bridgehead atoms. The van der Waals surface area contributed by atoms with Gasteiger partial charge in [-0.15, -0.1) is 0 Å². The third kappa shape index (κ3) is 6.91. The van der Waals surface area contributed by atoms with Crippen molar-refractivity contribution < 1.29 is 19.1 Å². The first-order valence-corrected chi connectivity index (χ1v) is 10.7. The predicted molar refractivity (Wildman–Crippen MR) is 132 cm³/mol. The molecule has 3 amide bonds. The van der Waals surface area contributed by atoms with E-state index in [4.69, 9.17) is 16.3 Å². The average Bonchev–Trinajstić information content (AvgIpc) is 2.82. The van der Waals surface area contributed by atoms with E-state index in [0.717, 1.165) is 11.1 Å². The Hall–Kier alpha value is -4.17. The summed E-state index contributed by atoms with van der Waals surface area (Å²) in [6.45, 7) is 3.43. The number of aryl methyl sites for hydroxylation is 1. The molecule has 0 aliphatic rings. The van der Waals surface area contributed by atoms with Gasteiger partial charge in [0.05, 0.1) is 6.21 Å². The number of rotatable bonds is 7.